The Hall–Kier alpha value is -3.63. The first-order chi connectivity index (χ1) is 57.6. The lowest BCUT2D eigenvalue weighted by Crippen LogP contribution is -2.68. The van der Waals surface area contributed by atoms with Crippen LogP contribution in [0.15, 0.2) is 103 Å². The molecule has 7 heterocycles. The standard InChI is InChI=1S/C100H149NO19S/c1-22-72-59(5)58(4)61(7)90(111-72)118-86-82(115-88-60(6)57(3)56(2)48-108-88)63(9)80(65(11)103)114-91(86)113-77-41-42-96(17)75(97(77,18)54-102)40-43-98(19)76(96)39-38-70-71-46-94(13,14)44-45-100(71,78(104-21)47-99(70,98)20)55-121-93-83(62(8)79(101)73(112-93)52-105-49-67-32-26-23-27-33-67)116-92-87-85(119-95(15,16)120-87)84(66(12)110-92)117-89-64(10)81(107-51-69-36-30-25-31-37-69)74(53-109-89)106-50-68-34-28-24-29-35-68/h23-38,54,56-64,66,71-93H,22,39-53,55,101H2,1-21H3/t56-,57+,58+,59-,60?,61?,62?,63-,64?,66?,71?,72?,73?,74-,75-,76?,77+,78?,79-,80?,81?,82+,83?,84+,85?,86?,87?,88+,89+,90+,91-,92+,93+,96?,97-,98+,99-,100-/m1/s1. The summed E-state index contributed by atoms with van der Waals surface area (Å²) in [6.07, 6.45) is 1.84. The summed E-state index contributed by atoms with van der Waals surface area (Å²) in [5, 5.41) is 0. The SMILES string of the molecule is CCC1O[C@@H](OC2[C@H](O[C@H]3CCC4(C)C5CC=C6C7CC(C)(C)CC[C@]7(CS[C@@H]7OC(COCc8ccccc8)[C@H](N)C(C)C7O[C@@H]7OC(C)[C@H](O[C@@H]8OC[C@@H](OCc9ccccc9)C(OCc9ccccc9)C8C)C8OC(C)(C)OC87)C(OC)C[C@@]6(C)[C@@]5(C)CC[C@H]4[C@@]3(C)C=O)OC(C(C)=O)[C@@H](C)[C@@H]2O[C@@H]2OC[C@@H](C)[C@H](C)C2C)C(C)[C@@H](C)[C@H]1C. The van der Waals surface area contributed by atoms with E-state index in [4.69, 9.17) is 86.3 Å². The summed E-state index contributed by atoms with van der Waals surface area (Å²) >= 11 is 1.84. The molecule has 7 saturated heterocycles. The zero-order chi connectivity index (χ0) is 86.2. The van der Waals surface area contributed by atoms with E-state index in [0.717, 1.165) is 80.2 Å². The molecule has 15 rings (SSSR count). The molecule has 20 nitrogen and oxygen atoms in total. The number of hydrogen-bond donors (Lipinski definition) is 1. The number of ketones is 1. The third kappa shape index (κ3) is 17.8. The Kier molecular flexibility index (Phi) is 28.2. The van der Waals surface area contributed by atoms with Gasteiger partial charge < -0.3 is 91.1 Å². The second kappa shape index (κ2) is 37.1. The average molecular weight is 1700 g/mol. The van der Waals surface area contributed by atoms with Crippen LogP contribution in [0.2, 0.25) is 0 Å². The van der Waals surface area contributed by atoms with E-state index in [0.29, 0.717) is 63.1 Å². The Morgan fingerprint density at radius 1 is 0.554 bits per heavy atom. The first-order valence-electron chi connectivity index (χ1n) is 46.6. The fourth-order valence-electron chi connectivity index (χ4n) is 25.3. The molecule has 12 aliphatic rings. The van der Waals surface area contributed by atoms with Gasteiger partial charge in [0, 0.05) is 53.9 Å². The van der Waals surface area contributed by atoms with E-state index in [1.54, 1.807) is 12.5 Å². The predicted molar refractivity (Wildman–Crippen MR) is 464 cm³/mol. The van der Waals surface area contributed by atoms with Crippen LogP contribution in [0.4, 0.5) is 0 Å². The van der Waals surface area contributed by atoms with Gasteiger partial charge in [0.1, 0.15) is 54.4 Å². The number of hydrogen-bond acceptors (Lipinski definition) is 21. The molecule has 674 valence electrons. The average Bonchev–Trinajstić information content (AvgIpc) is 1.05. The predicted octanol–water partition coefficient (Wildman–Crippen LogP) is 17.8. The number of methoxy groups -OCH3 is 1. The van der Waals surface area contributed by atoms with Gasteiger partial charge in [-0.1, -0.05) is 213 Å². The van der Waals surface area contributed by atoms with E-state index in [-0.39, 0.29) is 105 Å². The monoisotopic (exact) mass is 1700 g/mol. The summed E-state index contributed by atoms with van der Waals surface area (Å²) in [7, 11) is 1.96. The molecule has 17 unspecified atom stereocenters. The van der Waals surface area contributed by atoms with Gasteiger partial charge in [-0.15, -0.1) is 11.8 Å². The molecule has 4 saturated carbocycles. The number of carbonyl (C=O) groups is 2. The number of thioether (sulfide) groups is 1. The van der Waals surface area contributed by atoms with Gasteiger partial charge in [-0.25, -0.2) is 0 Å². The van der Waals surface area contributed by atoms with E-state index in [2.05, 4.69) is 146 Å². The molecule has 0 bridgehead atoms. The number of nitrogens with two attached hydrogens (primary N) is 1. The summed E-state index contributed by atoms with van der Waals surface area (Å²) in [6, 6.07) is 30.2. The molecule has 3 aromatic carbocycles. The lowest BCUT2D eigenvalue weighted by molar-refractivity contribution is -0.374. The molecule has 121 heavy (non-hydrogen) atoms. The van der Waals surface area contributed by atoms with Crippen LogP contribution in [0, 0.1) is 104 Å². The Labute approximate surface area is 727 Å². The molecule has 38 atom stereocenters. The number of Topliss-reactive ketones (excluding diaryl/α,β-unsaturated/α-hetero) is 1. The third-order valence-electron chi connectivity index (χ3n) is 33.8. The number of fused-ring (bicyclic) bond motifs is 8. The summed E-state index contributed by atoms with van der Waals surface area (Å²) in [6.45, 7) is 46.7. The Balaban J connectivity index is 0.692. The molecular weight excluding hydrogens is 1550 g/mol. The summed E-state index contributed by atoms with van der Waals surface area (Å²) in [5.74, 6) is 0.559. The fraction of sp³-hybridized carbons (Fsp3) is 0.780. The van der Waals surface area contributed by atoms with Crippen LogP contribution in [0.5, 0.6) is 0 Å². The van der Waals surface area contributed by atoms with E-state index >= 15 is 0 Å². The topological polar surface area (TPSA) is 217 Å². The van der Waals surface area contributed by atoms with Crippen LogP contribution in [-0.4, -0.2) is 179 Å². The maximum absolute atomic E-state index is 14.8. The van der Waals surface area contributed by atoms with Crippen molar-refractivity contribution in [1.29, 1.82) is 0 Å². The largest absolute Gasteiger partial charge is 0.381 e. The van der Waals surface area contributed by atoms with Gasteiger partial charge in [-0.05, 0) is 172 Å². The fourth-order valence-corrected chi connectivity index (χ4v) is 27.0. The van der Waals surface area contributed by atoms with Gasteiger partial charge in [-0.3, -0.25) is 4.79 Å². The molecule has 2 N–H and O–H groups in total. The number of ether oxygens (including phenoxy) is 17. The highest BCUT2D eigenvalue weighted by atomic mass is 32.2. The van der Waals surface area contributed by atoms with Gasteiger partial charge >= 0.3 is 0 Å². The van der Waals surface area contributed by atoms with Crippen LogP contribution in [-0.2, 0) is 110 Å². The van der Waals surface area contributed by atoms with Crippen molar-refractivity contribution in [3.8, 4) is 0 Å². The minimum Gasteiger partial charge on any atom is -0.381 e. The molecule has 5 aliphatic carbocycles. The van der Waals surface area contributed by atoms with E-state index in [1.165, 1.54) is 6.29 Å². The van der Waals surface area contributed by atoms with Crippen molar-refractivity contribution in [3.05, 3.63) is 119 Å². The van der Waals surface area contributed by atoms with Crippen LogP contribution in [0.3, 0.4) is 0 Å². The first kappa shape index (κ1) is 92.1. The highest BCUT2D eigenvalue weighted by Crippen LogP contribution is 2.77. The number of aldehydes is 1. The van der Waals surface area contributed by atoms with Crippen molar-refractivity contribution in [2.24, 2.45) is 109 Å². The summed E-state index contributed by atoms with van der Waals surface area (Å²) < 4.78 is 120. The molecule has 7 aliphatic heterocycles. The summed E-state index contributed by atoms with van der Waals surface area (Å²) in [4.78, 5) is 28.8. The Morgan fingerprint density at radius 2 is 1.17 bits per heavy atom. The quantitative estimate of drug-likeness (QED) is 0.0426. The highest BCUT2D eigenvalue weighted by molar-refractivity contribution is 7.99. The van der Waals surface area contributed by atoms with E-state index in [9.17, 15) is 9.59 Å². The molecule has 0 amide bonds. The molecule has 3 aromatic rings. The lowest BCUT2D eigenvalue weighted by Gasteiger charge is -2.72. The number of benzene rings is 3. The van der Waals surface area contributed by atoms with Crippen molar-refractivity contribution in [2.75, 3.05) is 32.7 Å². The first-order valence-corrected chi connectivity index (χ1v) is 47.6. The van der Waals surface area contributed by atoms with Crippen LogP contribution < -0.4 is 5.73 Å². The second-order valence-electron chi connectivity index (χ2n) is 42.0. The molecule has 11 fully saturated rings. The van der Waals surface area contributed by atoms with Crippen LogP contribution in [0.1, 0.15) is 219 Å². The number of carbonyl (C=O) groups excluding carboxylic acids is 2. The van der Waals surface area contributed by atoms with Gasteiger partial charge in [0.25, 0.3) is 0 Å². The van der Waals surface area contributed by atoms with E-state index in [1.807, 2.05) is 101 Å². The van der Waals surface area contributed by atoms with Crippen molar-refractivity contribution in [3.63, 3.8) is 0 Å². The Morgan fingerprint density at radius 3 is 1.83 bits per heavy atom. The minimum absolute atomic E-state index is 0.00986. The molecule has 0 radical (unpaired) electrons. The van der Waals surface area contributed by atoms with Gasteiger partial charge in [0.15, 0.2) is 43.0 Å². The van der Waals surface area contributed by atoms with Crippen LogP contribution in [0.25, 0.3) is 0 Å². The summed E-state index contributed by atoms with van der Waals surface area (Å²) in [5.41, 5.74) is 9.90. The normalized spacial score (nSPS) is 47.0. The van der Waals surface area contributed by atoms with Crippen molar-refractivity contribution in [2.45, 2.75) is 357 Å². The molecule has 0 aromatic heterocycles. The minimum atomic E-state index is -1.05. The zero-order valence-corrected chi connectivity index (χ0v) is 77.4. The van der Waals surface area contributed by atoms with Gasteiger partial charge in [-0.2, -0.15) is 0 Å². The highest BCUT2D eigenvalue weighted by Gasteiger charge is 2.72. The smallest absolute Gasteiger partial charge is 0.187 e. The molecular formula is C100H149NO19S. The zero-order valence-electron chi connectivity index (χ0n) is 76.6. The van der Waals surface area contributed by atoms with Crippen molar-refractivity contribution >= 4 is 23.8 Å². The van der Waals surface area contributed by atoms with Crippen molar-refractivity contribution in [1.82, 2.24) is 0 Å². The van der Waals surface area contributed by atoms with Gasteiger partial charge in [0.05, 0.1) is 87.8 Å². The third-order valence-corrected chi connectivity index (χ3v) is 35.2. The Bertz CT molecular complexity index is 3950. The number of allylic oxidation sites excluding steroid dienone is 2. The van der Waals surface area contributed by atoms with Crippen molar-refractivity contribution < 1.29 is 90.1 Å². The maximum Gasteiger partial charge on any atom is 0.187 e. The molecule has 21 heteroatoms. The van der Waals surface area contributed by atoms with E-state index < -0.39 is 121 Å². The molecule has 0 spiro atoms. The lowest BCUT2D eigenvalue weighted by atomic mass is 9.33. The number of rotatable bonds is 27. The van der Waals surface area contributed by atoms with Crippen LogP contribution >= 0.6 is 11.8 Å². The maximum atomic E-state index is 14.8. The van der Waals surface area contributed by atoms with Gasteiger partial charge in [0.2, 0.25) is 0 Å². The second-order valence-corrected chi connectivity index (χ2v) is 43.1.